The highest BCUT2D eigenvalue weighted by molar-refractivity contribution is 5.61. The normalized spacial score (nSPS) is 10.2. The molecule has 0 aliphatic rings. The van der Waals surface area contributed by atoms with E-state index in [1.165, 1.54) is 22.3 Å². The van der Waals surface area contributed by atoms with Gasteiger partial charge in [0.25, 0.3) is 0 Å². The van der Waals surface area contributed by atoms with E-state index in [1.807, 2.05) is 6.92 Å². The predicted molar refractivity (Wildman–Crippen MR) is 75.1 cm³/mol. The SMILES string of the molecule is C=C(C)c1ccc(Cc2ccc(C)cc2)cc1. The van der Waals surface area contributed by atoms with E-state index >= 15 is 0 Å². The molecular weight excluding hydrogens is 204 g/mol. The minimum absolute atomic E-state index is 0.997. The van der Waals surface area contributed by atoms with Gasteiger partial charge in [-0.05, 0) is 37.0 Å². The standard InChI is InChI=1S/C17H18/c1-13(2)17-10-8-16(9-11-17)12-15-6-4-14(3)5-7-15/h4-11H,1,12H2,2-3H3. The summed E-state index contributed by atoms with van der Waals surface area (Å²) in [6.07, 6.45) is 0.997. The third kappa shape index (κ3) is 3.07. The first-order valence-corrected chi connectivity index (χ1v) is 5.95. The van der Waals surface area contributed by atoms with Gasteiger partial charge < -0.3 is 0 Å². The van der Waals surface area contributed by atoms with Crippen LogP contribution in [0.2, 0.25) is 0 Å². The van der Waals surface area contributed by atoms with E-state index in [4.69, 9.17) is 0 Å². The molecule has 0 heteroatoms. The molecule has 0 N–H and O–H groups in total. The average molecular weight is 222 g/mol. The molecule has 2 rings (SSSR count). The zero-order valence-corrected chi connectivity index (χ0v) is 10.5. The van der Waals surface area contributed by atoms with Crippen LogP contribution in [-0.4, -0.2) is 0 Å². The van der Waals surface area contributed by atoms with Crippen LogP contribution in [0.5, 0.6) is 0 Å². The lowest BCUT2D eigenvalue weighted by molar-refractivity contribution is 1.18. The summed E-state index contributed by atoms with van der Waals surface area (Å²) in [6.45, 7) is 8.10. The largest absolute Gasteiger partial charge is 0.0955 e. The number of aryl methyl sites for hydroxylation is 1. The number of benzene rings is 2. The van der Waals surface area contributed by atoms with Crippen molar-refractivity contribution in [2.75, 3.05) is 0 Å². The molecule has 0 aliphatic carbocycles. The second-order valence-electron chi connectivity index (χ2n) is 4.64. The Kier molecular flexibility index (Phi) is 3.43. The first-order valence-electron chi connectivity index (χ1n) is 5.95. The predicted octanol–water partition coefficient (Wildman–Crippen LogP) is 4.62. The molecule has 0 bridgehead atoms. The van der Waals surface area contributed by atoms with Gasteiger partial charge in [-0.25, -0.2) is 0 Å². The van der Waals surface area contributed by atoms with Gasteiger partial charge in [0.05, 0.1) is 0 Å². The molecule has 0 saturated carbocycles. The molecule has 0 spiro atoms. The van der Waals surface area contributed by atoms with Crippen LogP contribution in [0.4, 0.5) is 0 Å². The van der Waals surface area contributed by atoms with Crippen molar-refractivity contribution in [3.05, 3.63) is 77.4 Å². The van der Waals surface area contributed by atoms with Crippen molar-refractivity contribution in [2.45, 2.75) is 20.3 Å². The Morgan fingerprint density at radius 1 is 0.882 bits per heavy atom. The molecule has 86 valence electrons. The smallest absolute Gasteiger partial charge is 0.00258 e. The van der Waals surface area contributed by atoms with Gasteiger partial charge in [0.2, 0.25) is 0 Å². The van der Waals surface area contributed by atoms with Crippen LogP contribution in [0.15, 0.2) is 55.1 Å². The van der Waals surface area contributed by atoms with Crippen molar-refractivity contribution in [1.29, 1.82) is 0 Å². The Labute approximate surface area is 104 Å². The third-order valence-electron chi connectivity index (χ3n) is 2.98. The van der Waals surface area contributed by atoms with E-state index in [1.54, 1.807) is 0 Å². The van der Waals surface area contributed by atoms with Gasteiger partial charge in [0.1, 0.15) is 0 Å². The lowest BCUT2D eigenvalue weighted by atomic mass is 10.0. The van der Waals surface area contributed by atoms with Gasteiger partial charge in [0.15, 0.2) is 0 Å². The van der Waals surface area contributed by atoms with E-state index in [-0.39, 0.29) is 0 Å². The molecule has 0 aliphatic heterocycles. The van der Waals surface area contributed by atoms with Gasteiger partial charge in [-0.3, -0.25) is 0 Å². The van der Waals surface area contributed by atoms with E-state index in [2.05, 4.69) is 62.0 Å². The van der Waals surface area contributed by atoms with Gasteiger partial charge in [-0.1, -0.05) is 66.2 Å². The molecule has 0 amide bonds. The average Bonchev–Trinajstić information content (AvgIpc) is 2.33. The quantitative estimate of drug-likeness (QED) is 0.711. The number of hydrogen-bond donors (Lipinski definition) is 0. The molecule has 2 aromatic rings. The summed E-state index contributed by atoms with van der Waals surface area (Å²) in [5.41, 5.74) is 6.36. The molecule has 2 aromatic carbocycles. The van der Waals surface area contributed by atoms with Crippen molar-refractivity contribution < 1.29 is 0 Å². The summed E-state index contributed by atoms with van der Waals surface area (Å²) in [7, 11) is 0. The van der Waals surface area contributed by atoms with Gasteiger partial charge in [-0.2, -0.15) is 0 Å². The molecule has 0 radical (unpaired) electrons. The summed E-state index contributed by atoms with van der Waals surface area (Å²) in [4.78, 5) is 0. The van der Waals surface area contributed by atoms with Crippen molar-refractivity contribution in [3.63, 3.8) is 0 Å². The maximum Gasteiger partial charge on any atom is -0.00258 e. The summed E-state index contributed by atoms with van der Waals surface area (Å²) in [5.74, 6) is 0. The second kappa shape index (κ2) is 5.01. The monoisotopic (exact) mass is 222 g/mol. The van der Waals surface area contributed by atoms with Crippen molar-refractivity contribution in [1.82, 2.24) is 0 Å². The molecule has 17 heavy (non-hydrogen) atoms. The lowest BCUT2D eigenvalue weighted by Gasteiger charge is -2.04. The molecule has 0 saturated heterocycles. The third-order valence-corrected chi connectivity index (χ3v) is 2.98. The minimum atomic E-state index is 0.997. The van der Waals surface area contributed by atoms with Crippen LogP contribution in [0.25, 0.3) is 5.57 Å². The molecule has 0 heterocycles. The minimum Gasteiger partial charge on any atom is -0.0955 e. The summed E-state index contributed by atoms with van der Waals surface area (Å²) < 4.78 is 0. The first kappa shape index (κ1) is 11.7. The topological polar surface area (TPSA) is 0 Å². The molecular formula is C17H18. The number of hydrogen-bond acceptors (Lipinski definition) is 0. The van der Waals surface area contributed by atoms with Crippen molar-refractivity contribution in [2.24, 2.45) is 0 Å². The fourth-order valence-electron chi connectivity index (χ4n) is 1.85. The molecule has 0 nitrogen and oxygen atoms in total. The van der Waals surface area contributed by atoms with Gasteiger partial charge in [-0.15, -0.1) is 0 Å². The van der Waals surface area contributed by atoms with Crippen LogP contribution in [0.3, 0.4) is 0 Å². The zero-order chi connectivity index (χ0) is 12.3. The highest BCUT2D eigenvalue weighted by Crippen LogP contribution is 2.15. The van der Waals surface area contributed by atoms with E-state index in [0.29, 0.717) is 0 Å². The van der Waals surface area contributed by atoms with Gasteiger partial charge >= 0.3 is 0 Å². The van der Waals surface area contributed by atoms with Crippen LogP contribution in [-0.2, 0) is 6.42 Å². The maximum absolute atomic E-state index is 3.95. The lowest BCUT2D eigenvalue weighted by Crippen LogP contribution is -1.88. The summed E-state index contributed by atoms with van der Waals surface area (Å²) in [6, 6.07) is 17.4. The Balaban J connectivity index is 2.13. The fourth-order valence-corrected chi connectivity index (χ4v) is 1.85. The Hall–Kier alpha value is -1.82. The van der Waals surface area contributed by atoms with Crippen molar-refractivity contribution in [3.8, 4) is 0 Å². The van der Waals surface area contributed by atoms with Crippen LogP contribution >= 0.6 is 0 Å². The Bertz CT molecular complexity index is 501. The summed E-state index contributed by atoms with van der Waals surface area (Å²) >= 11 is 0. The second-order valence-corrected chi connectivity index (χ2v) is 4.64. The highest BCUT2D eigenvalue weighted by atomic mass is 14.0. The summed E-state index contributed by atoms with van der Waals surface area (Å²) in [5, 5.41) is 0. The Morgan fingerprint density at radius 3 is 1.82 bits per heavy atom. The van der Waals surface area contributed by atoms with E-state index < -0.39 is 0 Å². The first-order chi connectivity index (χ1) is 8.15. The van der Waals surface area contributed by atoms with Gasteiger partial charge in [0, 0.05) is 0 Å². The van der Waals surface area contributed by atoms with Crippen LogP contribution in [0, 0.1) is 6.92 Å². The zero-order valence-electron chi connectivity index (χ0n) is 10.5. The molecule has 0 aromatic heterocycles. The van der Waals surface area contributed by atoms with Crippen LogP contribution in [0.1, 0.15) is 29.2 Å². The van der Waals surface area contributed by atoms with E-state index in [0.717, 1.165) is 12.0 Å². The van der Waals surface area contributed by atoms with Crippen LogP contribution < -0.4 is 0 Å². The molecule has 0 unspecified atom stereocenters. The van der Waals surface area contributed by atoms with E-state index in [9.17, 15) is 0 Å². The number of rotatable bonds is 3. The molecule has 0 fully saturated rings. The highest BCUT2D eigenvalue weighted by Gasteiger charge is 1.97. The Morgan fingerprint density at radius 2 is 1.35 bits per heavy atom. The molecule has 0 atom stereocenters. The number of allylic oxidation sites excluding steroid dienone is 1. The maximum atomic E-state index is 3.95. The van der Waals surface area contributed by atoms with Crippen molar-refractivity contribution >= 4 is 5.57 Å². The fraction of sp³-hybridized carbons (Fsp3) is 0.176.